The second-order valence-corrected chi connectivity index (χ2v) is 13.9. The summed E-state index contributed by atoms with van der Waals surface area (Å²) in [4.78, 5) is 82.8. The van der Waals surface area contributed by atoms with Gasteiger partial charge in [0.05, 0.1) is 12.6 Å². The van der Waals surface area contributed by atoms with Crippen molar-refractivity contribution < 1.29 is 33.5 Å². The molecule has 0 saturated carbocycles. The SMILES string of the molecule is CCCC(=O)N1CC[C@H]2CC[C@@H](C(=O)N[C@@H](CCC(N)=O)C(=O)NC(c3ccccc3)c3ccccc3)N2C(=O)[C@@H](NC(=O)OC(C)(C)C)C1. The first kappa shape index (κ1) is 37.9. The largest absolute Gasteiger partial charge is 0.444 e. The van der Waals surface area contributed by atoms with Gasteiger partial charge < -0.3 is 36.2 Å². The molecule has 13 nitrogen and oxygen atoms in total. The van der Waals surface area contributed by atoms with Crippen molar-refractivity contribution in [2.75, 3.05) is 13.1 Å². The van der Waals surface area contributed by atoms with Gasteiger partial charge in [-0.05, 0) is 64.0 Å². The van der Waals surface area contributed by atoms with Crippen molar-refractivity contribution in [2.24, 2.45) is 5.73 Å². The summed E-state index contributed by atoms with van der Waals surface area (Å²) in [7, 11) is 0. The van der Waals surface area contributed by atoms with Crippen molar-refractivity contribution in [1.82, 2.24) is 25.8 Å². The van der Waals surface area contributed by atoms with Crippen LogP contribution in [-0.4, -0.2) is 88.3 Å². The smallest absolute Gasteiger partial charge is 0.408 e. The highest BCUT2D eigenvalue weighted by Crippen LogP contribution is 2.30. The molecule has 6 amide bonds. The summed E-state index contributed by atoms with van der Waals surface area (Å²) in [6.07, 6.45) is 1.16. The van der Waals surface area contributed by atoms with E-state index < -0.39 is 59.5 Å². The Morgan fingerprint density at radius 3 is 2.08 bits per heavy atom. The Hall–Kier alpha value is -4.94. The van der Waals surface area contributed by atoms with Crippen molar-refractivity contribution >= 4 is 35.6 Å². The molecule has 4 rings (SSSR count). The van der Waals surface area contributed by atoms with E-state index in [2.05, 4.69) is 16.0 Å². The van der Waals surface area contributed by atoms with Gasteiger partial charge in [-0.2, -0.15) is 0 Å². The number of alkyl carbamates (subject to hydrolysis) is 1. The molecule has 2 fully saturated rings. The lowest BCUT2D eigenvalue weighted by molar-refractivity contribution is -0.146. The van der Waals surface area contributed by atoms with Gasteiger partial charge in [-0.1, -0.05) is 67.6 Å². The highest BCUT2D eigenvalue weighted by Gasteiger charge is 2.46. The molecule has 2 heterocycles. The molecule has 2 saturated heterocycles. The molecule has 0 aliphatic carbocycles. The standard InChI is InChI=1S/C37H50N6O7/c1-5-12-31(45)42-22-21-26-17-19-29(43(26)35(48)28(23-42)40-36(49)50-37(2,3)4)34(47)39-27(18-20-30(38)44)33(46)41-32(24-13-8-6-9-14-24)25-15-10-7-11-16-25/h6-11,13-16,26-29,32H,5,12,17-23H2,1-4H3,(H2,38,44)(H,39,47)(H,40,49)(H,41,46)/t26-,27+,28+,29+/m1/s1. The number of primary amides is 1. The Morgan fingerprint density at radius 1 is 0.900 bits per heavy atom. The van der Waals surface area contributed by atoms with E-state index in [0.717, 1.165) is 11.1 Å². The van der Waals surface area contributed by atoms with Gasteiger partial charge in [-0.3, -0.25) is 24.0 Å². The summed E-state index contributed by atoms with van der Waals surface area (Å²) < 4.78 is 5.42. The molecule has 0 bridgehead atoms. The third kappa shape index (κ3) is 10.3. The Bertz CT molecular complexity index is 1470. The number of carbonyl (C=O) groups is 6. The van der Waals surface area contributed by atoms with Gasteiger partial charge in [0.25, 0.3) is 0 Å². The molecule has 5 N–H and O–H groups in total. The third-order valence-electron chi connectivity index (χ3n) is 8.87. The van der Waals surface area contributed by atoms with Crippen LogP contribution >= 0.6 is 0 Å². The van der Waals surface area contributed by atoms with Crippen LogP contribution in [0, 0.1) is 0 Å². The van der Waals surface area contributed by atoms with Gasteiger partial charge in [0.15, 0.2) is 0 Å². The number of benzene rings is 2. The molecule has 0 aromatic heterocycles. The molecule has 2 aromatic rings. The molecule has 0 radical (unpaired) electrons. The normalized spacial score (nSPS) is 19.9. The lowest BCUT2D eigenvalue weighted by Crippen LogP contribution is -2.62. The summed E-state index contributed by atoms with van der Waals surface area (Å²) >= 11 is 0. The number of carbonyl (C=O) groups excluding carboxylic acids is 6. The summed E-state index contributed by atoms with van der Waals surface area (Å²) in [5.74, 6) is -2.33. The van der Waals surface area contributed by atoms with Crippen LogP contribution in [0.2, 0.25) is 0 Å². The zero-order valence-electron chi connectivity index (χ0n) is 29.4. The molecule has 50 heavy (non-hydrogen) atoms. The van der Waals surface area contributed by atoms with Gasteiger partial charge >= 0.3 is 6.09 Å². The van der Waals surface area contributed by atoms with Crippen molar-refractivity contribution in [2.45, 2.75) is 108 Å². The highest BCUT2D eigenvalue weighted by atomic mass is 16.6. The molecule has 13 heteroatoms. The van der Waals surface area contributed by atoms with Crippen LogP contribution in [0.3, 0.4) is 0 Å². The van der Waals surface area contributed by atoms with Gasteiger partial charge in [0.2, 0.25) is 29.5 Å². The fourth-order valence-electron chi connectivity index (χ4n) is 6.50. The predicted octanol–water partition coefficient (Wildman–Crippen LogP) is 2.93. The summed E-state index contributed by atoms with van der Waals surface area (Å²) in [6.45, 7) is 7.27. The van der Waals surface area contributed by atoms with Gasteiger partial charge in [-0.15, -0.1) is 0 Å². The lowest BCUT2D eigenvalue weighted by atomic mass is 9.98. The summed E-state index contributed by atoms with van der Waals surface area (Å²) in [6, 6.07) is 14.6. The number of nitrogens with two attached hydrogens (primary N) is 1. The van der Waals surface area contributed by atoms with E-state index in [1.807, 2.05) is 67.6 Å². The molecule has 2 aliphatic rings. The number of rotatable bonds is 12. The number of hydrogen-bond donors (Lipinski definition) is 4. The molecule has 0 spiro atoms. The number of fused-ring (bicyclic) bond motifs is 1. The van der Waals surface area contributed by atoms with Crippen molar-refractivity contribution in [1.29, 1.82) is 0 Å². The van der Waals surface area contributed by atoms with E-state index in [1.54, 1.807) is 25.7 Å². The van der Waals surface area contributed by atoms with Crippen molar-refractivity contribution in [3.8, 4) is 0 Å². The minimum Gasteiger partial charge on any atom is -0.444 e. The first-order valence-corrected chi connectivity index (χ1v) is 17.4. The first-order valence-electron chi connectivity index (χ1n) is 17.4. The van der Waals surface area contributed by atoms with Crippen LogP contribution < -0.4 is 21.7 Å². The Morgan fingerprint density at radius 2 is 1.52 bits per heavy atom. The second kappa shape index (κ2) is 17.1. The molecule has 2 aliphatic heterocycles. The molecule has 4 atom stereocenters. The maximum Gasteiger partial charge on any atom is 0.408 e. The van der Waals surface area contributed by atoms with Crippen molar-refractivity contribution in [3.63, 3.8) is 0 Å². The monoisotopic (exact) mass is 690 g/mol. The minimum absolute atomic E-state index is 0.0510. The maximum atomic E-state index is 14.2. The molecule has 2 aromatic carbocycles. The average molecular weight is 691 g/mol. The number of ether oxygens (including phenoxy) is 1. The summed E-state index contributed by atoms with van der Waals surface area (Å²) in [5, 5.41) is 8.50. The Labute approximate surface area is 293 Å². The van der Waals surface area contributed by atoms with E-state index >= 15 is 0 Å². The van der Waals surface area contributed by atoms with Crippen LogP contribution in [0.25, 0.3) is 0 Å². The predicted molar refractivity (Wildman–Crippen MR) is 186 cm³/mol. The van der Waals surface area contributed by atoms with Crippen molar-refractivity contribution in [3.05, 3.63) is 71.8 Å². The summed E-state index contributed by atoms with van der Waals surface area (Å²) in [5.41, 5.74) is 6.27. The van der Waals surface area contributed by atoms with E-state index in [4.69, 9.17) is 10.5 Å². The van der Waals surface area contributed by atoms with E-state index in [1.165, 1.54) is 4.90 Å². The highest BCUT2D eigenvalue weighted by molar-refractivity contribution is 5.95. The molecule has 270 valence electrons. The number of hydrogen-bond acceptors (Lipinski definition) is 7. The zero-order chi connectivity index (χ0) is 36.4. The van der Waals surface area contributed by atoms with Gasteiger partial charge in [0.1, 0.15) is 23.7 Å². The fourth-order valence-corrected chi connectivity index (χ4v) is 6.50. The van der Waals surface area contributed by atoms with Crippen LogP contribution in [0.5, 0.6) is 0 Å². The number of nitrogens with zero attached hydrogens (tertiary/aromatic N) is 2. The molecule has 0 unspecified atom stereocenters. The third-order valence-corrected chi connectivity index (χ3v) is 8.87. The second-order valence-electron chi connectivity index (χ2n) is 13.9. The van der Waals surface area contributed by atoms with E-state index in [0.29, 0.717) is 38.6 Å². The van der Waals surface area contributed by atoms with Crippen LogP contribution in [-0.2, 0) is 28.7 Å². The molecular weight excluding hydrogens is 640 g/mol. The topological polar surface area (TPSA) is 180 Å². The Balaban J connectivity index is 1.57. The van der Waals surface area contributed by atoms with Crippen LogP contribution in [0.1, 0.15) is 89.8 Å². The van der Waals surface area contributed by atoms with Crippen LogP contribution in [0.15, 0.2) is 60.7 Å². The average Bonchev–Trinajstić information content (AvgIpc) is 3.49. The van der Waals surface area contributed by atoms with Gasteiger partial charge in [0, 0.05) is 25.4 Å². The quantitative estimate of drug-likeness (QED) is 0.264. The fraction of sp³-hybridized carbons (Fsp3) is 0.514. The maximum absolute atomic E-state index is 14.2. The first-order chi connectivity index (χ1) is 23.8. The van der Waals surface area contributed by atoms with E-state index in [9.17, 15) is 28.8 Å². The van der Waals surface area contributed by atoms with Gasteiger partial charge in [-0.25, -0.2) is 4.79 Å². The Kier molecular flexibility index (Phi) is 13.0. The zero-order valence-corrected chi connectivity index (χ0v) is 29.4. The molecular formula is C37H50N6O7. The minimum atomic E-state index is -1.16. The number of amides is 6. The van der Waals surface area contributed by atoms with Crippen LogP contribution in [0.4, 0.5) is 4.79 Å². The number of nitrogens with one attached hydrogen (secondary N) is 3. The lowest BCUT2D eigenvalue weighted by Gasteiger charge is -2.39. The van der Waals surface area contributed by atoms with E-state index in [-0.39, 0.29) is 31.3 Å².